The van der Waals surface area contributed by atoms with Gasteiger partial charge < -0.3 is 15.0 Å². The molecule has 3 rings (SSSR count). The van der Waals surface area contributed by atoms with Gasteiger partial charge in [0.1, 0.15) is 0 Å². The van der Waals surface area contributed by atoms with Crippen LogP contribution < -0.4 is 10.2 Å². The first-order valence-electron chi connectivity index (χ1n) is 9.01. The second-order valence-electron chi connectivity index (χ2n) is 6.51. The first-order chi connectivity index (χ1) is 13.8. The van der Waals surface area contributed by atoms with E-state index in [2.05, 4.69) is 5.32 Å². The molecule has 1 amide bonds. The van der Waals surface area contributed by atoms with E-state index in [4.69, 9.17) is 16.3 Å². The molecule has 156 valence electrons. The van der Waals surface area contributed by atoms with Crippen LogP contribution in [0.5, 0.6) is 0 Å². The number of nitrogens with one attached hydrogen (secondary N) is 1. The second kappa shape index (κ2) is 9.28. The van der Waals surface area contributed by atoms with Gasteiger partial charge in [-0.05, 0) is 37.3 Å². The molecule has 1 N–H and O–H groups in total. The third-order valence-corrected chi connectivity index (χ3v) is 6.07. The number of anilines is 2. The van der Waals surface area contributed by atoms with Crippen molar-refractivity contribution in [1.82, 2.24) is 0 Å². The molecule has 1 fully saturated rings. The highest BCUT2D eigenvalue weighted by Crippen LogP contribution is 2.38. The third-order valence-electron chi connectivity index (χ3n) is 4.45. The molecular weight excluding hydrogens is 425 g/mol. The van der Waals surface area contributed by atoms with E-state index in [-0.39, 0.29) is 5.69 Å². The van der Waals surface area contributed by atoms with Crippen molar-refractivity contribution < 1.29 is 22.7 Å². The summed E-state index contributed by atoms with van der Waals surface area (Å²) in [6.45, 7) is 3.61. The Morgan fingerprint density at radius 2 is 1.90 bits per heavy atom. The van der Waals surface area contributed by atoms with E-state index in [1.54, 1.807) is 37.3 Å². The number of nitrogens with zero attached hydrogens (tertiary/aromatic N) is 1. The van der Waals surface area contributed by atoms with Gasteiger partial charge in [-0.15, -0.1) is 11.8 Å². The molecule has 0 spiro atoms. The van der Waals surface area contributed by atoms with Gasteiger partial charge in [0, 0.05) is 23.7 Å². The van der Waals surface area contributed by atoms with Crippen LogP contribution >= 0.6 is 23.4 Å². The summed E-state index contributed by atoms with van der Waals surface area (Å²) in [6, 6.07) is 11.0. The first-order valence-corrected chi connectivity index (χ1v) is 10.3. The molecule has 1 unspecified atom stereocenters. The number of alkyl halides is 3. The van der Waals surface area contributed by atoms with Crippen molar-refractivity contribution in [3.05, 3.63) is 53.1 Å². The molecular formula is C20H20ClF3N2O2S. The summed E-state index contributed by atoms with van der Waals surface area (Å²) in [5.41, 5.74) is -0.673. The zero-order valence-electron chi connectivity index (χ0n) is 15.6. The van der Waals surface area contributed by atoms with Crippen molar-refractivity contribution in [2.75, 3.05) is 36.5 Å². The SMILES string of the molecule is CC(Sc1ccccc1Cl)C(=O)Nc1ccc(N2CCOCC2)cc1C(F)(F)F. The molecule has 1 atom stereocenters. The number of amides is 1. The average Bonchev–Trinajstić information content (AvgIpc) is 2.69. The molecule has 0 bridgehead atoms. The normalized spacial score (nSPS) is 15.8. The monoisotopic (exact) mass is 444 g/mol. The Labute approximate surface area is 176 Å². The van der Waals surface area contributed by atoms with E-state index < -0.39 is 22.9 Å². The van der Waals surface area contributed by atoms with Crippen LogP contribution in [0, 0.1) is 0 Å². The Bertz CT molecular complexity index is 873. The molecule has 1 aliphatic heterocycles. The van der Waals surface area contributed by atoms with Crippen molar-refractivity contribution in [1.29, 1.82) is 0 Å². The summed E-state index contributed by atoms with van der Waals surface area (Å²) < 4.78 is 46.1. The van der Waals surface area contributed by atoms with E-state index in [1.165, 1.54) is 17.8 Å². The van der Waals surface area contributed by atoms with Crippen molar-refractivity contribution >= 4 is 40.6 Å². The highest BCUT2D eigenvalue weighted by molar-refractivity contribution is 8.00. The van der Waals surface area contributed by atoms with Crippen LogP contribution in [0.3, 0.4) is 0 Å². The number of morpholine rings is 1. The first kappa shape index (κ1) is 21.8. The van der Waals surface area contributed by atoms with Crippen LogP contribution in [0.2, 0.25) is 5.02 Å². The predicted octanol–water partition coefficient (Wildman–Crippen LogP) is 5.31. The van der Waals surface area contributed by atoms with Gasteiger partial charge >= 0.3 is 6.18 Å². The number of carbonyl (C=O) groups excluding carboxylic acids is 1. The van der Waals surface area contributed by atoms with Crippen molar-refractivity contribution in [2.45, 2.75) is 23.2 Å². The Hall–Kier alpha value is -1.90. The molecule has 4 nitrogen and oxygen atoms in total. The summed E-state index contributed by atoms with van der Waals surface area (Å²) in [4.78, 5) is 15.0. The van der Waals surface area contributed by atoms with Gasteiger partial charge in [0.05, 0.1) is 34.7 Å². The van der Waals surface area contributed by atoms with E-state index in [0.717, 1.165) is 6.07 Å². The van der Waals surface area contributed by atoms with E-state index in [0.29, 0.717) is 41.9 Å². The van der Waals surface area contributed by atoms with Crippen LogP contribution in [0.4, 0.5) is 24.5 Å². The molecule has 1 heterocycles. The van der Waals surface area contributed by atoms with Crippen molar-refractivity contribution in [2.24, 2.45) is 0 Å². The minimum atomic E-state index is -4.59. The number of ether oxygens (including phenoxy) is 1. The molecule has 0 aromatic heterocycles. The van der Waals surface area contributed by atoms with Crippen LogP contribution in [0.15, 0.2) is 47.4 Å². The van der Waals surface area contributed by atoms with Crippen molar-refractivity contribution in [3.63, 3.8) is 0 Å². The molecule has 29 heavy (non-hydrogen) atoms. The van der Waals surface area contributed by atoms with Gasteiger partial charge in [-0.25, -0.2) is 0 Å². The quantitative estimate of drug-likeness (QED) is 0.634. The fourth-order valence-electron chi connectivity index (χ4n) is 2.91. The zero-order chi connectivity index (χ0) is 21.0. The second-order valence-corrected chi connectivity index (χ2v) is 8.30. The summed E-state index contributed by atoms with van der Waals surface area (Å²) in [5, 5.41) is 2.28. The minimum absolute atomic E-state index is 0.258. The lowest BCUT2D eigenvalue weighted by atomic mass is 10.1. The van der Waals surface area contributed by atoms with Gasteiger partial charge in [0.2, 0.25) is 5.91 Å². The topological polar surface area (TPSA) is 41.6 Å². The largest absolute Gasteiger partial charge is 0.418 e. The number of benzene rings is 2. The molecule has 9 heteroatoms. The van der Waals surface area contributed by atoms with Gasteiger partial charge in [-0.3, -0.25) is 4.79 Å². The van der Waals surface area contributed by atoms with Gasteiger partial charge in [-0.1, -0.05) is 23.7 Å². The average molecular weight is 445 g/mol. The molecule has 1 saturated heterocycles. The lowest BCUT2D eigenvalue weighted by Gasteiger charge is -2.29. The number of carbonyl (C=O) groups is 1. The number of halogens is 4. The van der Waals surface area contributed by atoms with Gasteiger partial charge in [0.25, 0.3) is 0 Å². The number of thioether (sulfide) groups is 1. The Morgan fingerprint density at radius 3 is 2.55 bits per heavy atom. The Kier molecular flexibility index (Phi) is 6.97. The maximum Gasteiger partial charge on any atom is 0.418 e. The zero-order valence-corrected chi connectivity index (χ0v) is 17.2. The van der Waals surface area contributed by atoms with Crippen LogP contribution in [-0.2, 0) is 15.7 Å². The number of rotatable bonds is 5. The van der Waals surface area contributed by atoms with E-state index in [1.807, 2.05) is 4.90 Å². The van der Waals surface area contributed by atoms with Gasteiger partial charge in [-0.2, -0.15) is 13.2 Å². The Morgan fingerprint density at radius 1 is 1.21 bits per heavy atom. The van der Waals surface area contributed by atoms with Crippen LogP contribution in [-0.4, -0.2) is 37.5 Å². The smallest absolute Gasteiger partial charge is 0.378 e. The minimum Gasteiger partial charge on any atom is -0.378 e. The number of hydrogen-bond donors (Lipinski definition) is 1. The predicted molar refractivity (Wildman–Crippen MR) is 110 cm³/mol. The maximum absolute atomic E-state index is 13.6. The van der Waals surface area contributed by atoms with Crippen LogP contribution in [0.25, 0.3) is 0 Å². The molecule has 0 saturated carbocycles. The van der Waals surface area contributed by atoms with Crippen molar-refractivity contribution in [3.8, 4) is 0 Å². The molecule has 2 aromatic rings. The van der Waals surface area contributed by atoms with E-state index >= 15 is 0 Å². The maximum atomic E-state index is 13.6. The lowest BCUT2D eigenvalue weighted by molar-refractivity contribution is -0.136. The number of hydrogen-bond acceptors (Lipinski definition) is 4. The Balaban J connectivity index is 1.78. The van der Waals surface area contributed by atoms with Gasteiger partial charge in [0.15, 0.2) is 0 Å². The molecule has 0 radical (unpaired) electrons. The molecule has 2 aromatic carbocycles. The molecule has 1 aliphatic rings. The standard InChI is InChI=1S/C20H20ClF3N2O2S/c1-13(29-18-5-3-2-4-16(18)21)19(27)25-17-7-6-14(12-15(17)20(22,23)24)26-8-10-28-11-9-26/h2-7,12-13H,8-11H2,1H3,(H,25,27). The fourth-order valence-corrected chi connectivity index (χ4v) is 4.07. The lowest BCUT2D eigenvalue weighted by Crippen LogP contribution is -2.36. The van der Waals surface area contributed by atoms with E-state index in [9.17, 15) is 18.0 Å². The highest BCUT2D eigenvalue weighted by atomic mass is 35.5. The summed E-state index contributed by atoms with van der Waals surface area (Å²) >= 11 is 7.28. The van der Waals surface area contributed by atoms with Crippen LogP contribution in [0.1, 0.15) is 12.5 Å². The third kappa shape index (κ3) is 5.58. The summed E-state index contributed by atoms with van der Waals surface area (Å²) in [7, 11) is 0. The summed E-state index contributed by atoms with van der Waals surface area (Å²) in [5.74, 6) is -0.528. The highest BCUT2D eigenvalue weighted by Gasteiger charge is 2.35. The molecule has 0 aliphatic carbocycles. The summed E-state index contributed by atoms with van der Waals surface area (Å²) in [6.07, 6.45) is -4.59. The fraction of sp³-hybridized carbons (Fsp3) is 0.350.